The molecule has 14 heteroatoms. The van der Waals surface area contributed by atoms with Crippen LogP contribution in [0.4, 0.5) is 14.9 Å². The van der Waals surface area contributed by atoms with Gasteiger partial charge in [-0.2, -0.15) is 0 Å². The number of aromatic nitrogens is 2. The summed E-state index contributed by atoms with van der Waals surface area (Å²) in [6.07, 6.45) is 6.02. The van der Waals surface area contributed by atoms with Crippen LogP contribution in [0.1, 0.15) is 38.3 Å². The summed E-state index contributed by atoms with van der Waals surface area (Å²) in [6, 6.07) is 5.78. The molecule has 1 aromatic heterocycles. The third-order valence-corrected chi connectivity index (χ3v) is 8.26. The van der Waals surface area contributed by atoms with Crippen LogP contribution in [0.5, 0.6) is 11.6 Å². The maximum Gasteiger partial charge on any atom is 0.316 e. The van der Waals surface area contributed by atoms with Gasteiger partial charge in [-0.3, -0.25) is 14.5 Å². The summed E-state index contributed by atoms with van der Waals surface area (Å²) in [5.41, 5.74) is 7.96. The predicted molar refractivity (Wildman–Crippen MR) is 155 cm³/mol. The second-order valence-corrected chi connectivity index (χ2v) is 11.6. The number of hydrogen-bond acceptors (Lipinski definition) is 9. The lowest BCUT2D eigenvalue weighted by Gasteiger charge is -2.46. The fraction of sp³-hybridized carbons (Fsp3) is 0.483. The molecule has 2 fully saturated rings. The van der Waals surface area contributed by atoms with E-state index in [2.05, 4.69) is 32.1 Å². The van der Waals surface area contributed by atoms with E-state index in [1.807, 2.05) is 0 Å². The predicted octanol–water partition coefficient (Wildman–Crippen LogP) is 2.19. The van der Waals surface area contributed by atoms with Crippen LogP contribution in [0.25, 0.3) is 0 Å². The zero-order valence-electron chi connectivity index (χ0n) is 24.2. The second-order valence-electron chi connectivity index (χ2n) is 11.6. The van der Waals surface area contributed by atoms with Crippen molar-refractivity contribution in [3.8, 4) is 11.6 Å². The molecule has 232 valence electrons. The minimum Gasteiger partial charge on any atom is -0.481 e. The summed E-state index contributed by atoms with van der Waals surface area (Å²) in [4.78, 5) is 47.3. The fourth-order valence-corrected chi connectivity index (χ4v) is 5.77. The first kappa shape index (κ1) is 31.6. The number of ether oxygens (including phenoxy) is 1. The number of benzene rings is 1. The third-order valence-electron chi connectivity index (χ3n) is 8.26. The highest BCUT2D eigenvalue weighted by Crippen LogP contribution is 2.45. The molecule has 1 aromatic carbocycles. The number of nitrogens with zero attached hydrogens (tertiary/aromatic N) is 4. The molecule has 0 saturated carbocycles. The van der Waals surface area contributed by atoms with Crippen LogP contribution >= 0.6 is 0 Å². The first-order chi connectivity index (χ1) is 20.3. The Bertz CT molecular complexity index is 1380. The second kappa shape index (κ2) is 12.9. The summed E-state index contributed by atoms with van der Waals surface area (Å²) in [7, 11) is 2.15. The van der Waals surface area contributed by atoms with Crippen LogP contribution in [0.15, 0.2) is 42.7 Å². The number of halogens is 1. The lowest BCUT2D eigenvalue weighted by Crippen LogP contribution is -2.60. The van der Waals surface area contributed by atoms with Gasteiger partial charge in [0.05, 0.1) is 11.1 Å². The summed E-state index contributed by atoms with van der Waals surface area (Å²) < 4.78 is 19.4. The van der Waals surface area contributed by atoms with E-state index >= 15 is 0 Å². The molecule has 0 radical (unpaired) electrons. The summed E-state index contributed by atoms with van der Waals surface area (Å²) in [6.45, 7) is 6.00. The van der Waals surface area contributed by atoms with E-state index in [0.29, 0.717) is 0 Å². The molecule has 1 aliphatic carbocycles. The molecule has 2 aliphatic heterocycles. The largest absolute Gasteiger partial charge is 0.481 e. The van der Waals surface area contributed by atoms with E-state index in [-0.39, 0.29) is 41.9 Å². The van der Waals surface area contributed by atoms with Crippen LogP contribution in [0, 0.1) is 11.2 Å². The molecular formula is C29H38FN7O6. The van der Waals surface area contributed by atoms with Crippen molar-refractivity contribution in [3.63, 3.8) is 0 Å². The summed E-state index contributed by atoms with van der Waals surface area (Å²) in [5.74, 6) is -3.26. The number of primary amides is 1. The van der Waals surface area contributed by atoms with Crippen molar-refractivity contribution >= 4 is 23.7 Å². The van der Waals surface area contributed by atoms with E-state index in [4.69, 9.17) is 16.2 Å². The van der Waals surface area contributed by atoms with Crippen molar-refractivity contribution in [1.29, 1.82) is 0 Å². The number of nitrogens with two attached hydrogens (primary N) is 2. The van der Waals surface area contributed by atoms with Gasteiger partial charge in [-0.15, -0.1) is 0 Å². The normalized spacial score (nSPS) is 24.7. The topological polar surface area (TPSA) is 197 Å². The number of piperidine rings is 1. The highest BCUT2D eigenvalue weighted by Gasteiger charge is 2.51. The van der Waals surface area contributed by atoms with E-state index in [0.717, 1.165) is 44.4 Å². The van der Waals surface area contributed by atoms with Crippen LogP contribution in [-0.2, 0) is 15.0 Å². The third kappa shape index (κ3) is 7.38. The Labute approximate surface area is 248 Å². The van der Waals surface area contributed by atoms with Crippen molar-refractivity contribution in [2.45, 2.75) is 50.1 Å². The number of carboxylic acids is 2. The fourth-order valence-electron chi connectivity index (χ4n) is 5.77. The molecule has 2 atom stereocenters. The first-order valence-corrected chi connectivity index (χ1v) is 14.0. The van der Waals surface area contributed by atoms with Gasteiger partial charge in [0.25, 0.3) is 0 Å². The minimum absolute atomic E-state index is 0.0535. The number of rotatable bonds is 7. The molecule has 0 spiro atoms. The van der Waals surface area contributed by atoms with E-state index in [1.165, 1.54) is 50.4 Å². The molecule has 7 N–H and O–H groups in total. The van der Waals surface area contributed by atoms with Crippen molar-refractivity contribution in [2.24, 2.45) is 11.1 Å². The van der Waals surface area contributed by atoms with Gasteiger partial charge in [0.2, 0.25) is 5.88 Å². The Morgan fingerprint density at radius 2 is 1.81 bits per heavy atom. The zero-order chi connectivity index (χ0) is 31.4. The van der Waals surface area contributed by atoms with Gasteiger partial charge in [-0.1, -0.05) is 12.2 Å². The average Bonchev–Trinajstić information content (AvgIpc) is 2.93. The number of carbonyl (C=O) groups excluding carboxylic acids is 1. The van der Waals surface area contributed by atoms with Crippen LogP contribution in [-0.4, -0.2) is 93.3 Å². The summed E-state index contributed by atoms with van der Waals surface area (Å²) >= 11 is 0. The van der Waals surface area contributed by atoms with Gasteiger partial charge in [-0.05, 0) is 51.8 Å². The molecule has 2 saturated heterocycles. The van der Waals surface area contributed by atoms with Crippen molar-refractivity contribution in [1.82, 2.24) is 25.1 Å². The van der Waals surface area contributed by atoms with Gasteiger partial charge in [-0.25, -0.2) is 19.2 Å². The molecule has 43 heavy (non-hydrogen) atoms. The quantitative estimate of drug-likeness (QED) is 0.231. The van der Waals surface area contributed by atoms with Gasteiger partial charge in [0, 0.05) is 56.1 Å². The number of nitrogen functional groups attached to an aromatic ring is 1. The van der Waals surface area contributed by atoms with Crippen LogP contribution < -0.4 is 21.5 Å². The highest BCUT2D eigenvalue weighted by molar-refractivity contribution is 5.85. The number of nitrogens with one attached hydrogen (secondary N) is 1. The van der Waals surface area contributed by atoms with Crippen molar-refractivity contribution < 1.29 is 33.7 Å². The number of aliphatic carboxylic acids is 2. The lowest BCUT2D eigenvalue weighted by atomic mass is 9.64. The Morgan fingerprint density at radius 3 is 2.40 bits per heavy atom. The molecular weight excluding hydrogens is 561 g/mol. The van der Waals surface area contributed by atoms with Crippen LogP contribution in [0.2, 0.25) is 0 Å². The monoisotopic (exact) mass is 599 g/mol. The number of carbonyl (C=O) groups is 3. The Kier molecular flexibility index (Phi) is 9.50. The zero-order valence-corrected chi connectivity index (χ0v) is 24.2. The maximum absolute atomic E-state index is 14.0. The number of anilines is 1. The lowest BCUT2D eigenvalue weighted by molar-refractivity contribution is -0.151. The number of hydrogen-bond donors (Lipinski definition) is 5. The number of allylic oxidation sites excluding steroid dienone is 1. The van der Waals surface area contributed by atoms with Crippen LogP contribution in [0.3, 0.4) is 0 Å². The molecule has 0 bridgehead atoms. The van der Waals surface area contributed by atoms with Gasteiger partial charge >= 0.3 is 18.0 Å². The Hall–Kier alpha value is -4.30. The standard InChI is InChI=1S/C19H18FN3O5.C10H20N4O/c1-18(16(24)25)5-2-6-19(9-18,17(26)27)14-8-15(23-10-22-14)28-13-4-3-11(21)7-12(13)20;1-13-6-9(7-13)14-4-2-8(3-5-14)12-10(11)15/h2-5,7-8,10H,6,9,21H2,1H3,(H,24,25)(H,26,27);8-9H,2-7H2,1H3,(H3,11,12,15). The number of urea groups is 1. The number of amides is 2. The first-order valence-electron chi connectivity index (χ1n) is 14.0. The van der Waals surface area contributed by atoms with Gasteiger partial charge < -0.3 is 36.6 Å². The van der Waals surface area contributed by atoms with E-state index in [9.17, 15) is 29.0 Å². The smallest absolute Gasteiger partial charge is 0.316 e. The average molecular weight is 600 g/mol. The minimum atomic E-state index is -1.58. The maximum atomic E-state index is 14.0. The van der Waals surface area contributed by atoms with Gasteiger partial charge in [0.1, 0.15) is 11.7 Å². The van der Waals surface area contributed by atoms with Crippen molar-refractivity contribution in [2.75, 3.05) is 39.0 Å². The molecule has 13 nitrogen and oxygen atoms in total. The molecule has 2 unspecified atom stereocenters. The molecule has 5 rings (SSSR count). The number of likely N-dealkylation sites (N-methyl/N-ethyl adjacent to an activating group) is 1. The van der Waals surface area contributed by atoms with Gasteiger partial charge in [0.15, 0.2) is 11.6 Å². The Balaban J connectivity index is 0.000000237. The molecule has 3 heterocycles. The highest BCUT2D eigenvalue weighted by atomic mass is 19.1. The summed E-state index contributed by atoms with van der Waals surface area (Å²) in [5, 5.41) is 22.2. The van der Waals surface area contributed by atoms with E-state index in [1.54, 1.807) is 0 Å². The molecule has 2 aromatic rings. The molecule has 3 aliphatic rings. The number of likely N-dealkylation sites (tertiary alicyclic amines) is 2. The van der Waals surface area contributed by atoms with Crippen molar-refractivity contribution in [3.05, 3.63) is 54.3 Å². The molecule has 2 amide bonds. The Morgan fingerprint density at radius 1 is 1.12 bits per heavy atom. The number of carboxylic acid groups (broad SMARTS) is 2. The SMILES string of the molecule is CC1(C(=O)O)C=CCC(C(=O)O)(c2cc(Oc3ccc(N)cc3F)ncn2)C1.CN1CC(N2CCC(NC(N)=O)CC2)C1. The van der Waals surface area contributed by atoms with E-state index < -0.39 is 34.6 Å².